The second-order valence-corrected chi connectivity index (χ2v) is 13.6. The summed E-state index contributed by atoms with van der Waals surface area (Å²) in [5, 5.41) is 11.8. The third kappa shape index (κ3) is 6.21. The van der Waals surface area contributed by atoms with Crippen molar-refractivity contribution in [3.63, 3.8) is 0 Å². The Kier molecular flexibility index (Phi) is 9.05. The van der Waals surface area contributed by atoms with E-state index in [1.54, 1.807) is 47.2 Å². The number of carbonyl (C=O) groups is 1. The molecule has 2 unspecified atom stereocenters. The standard InChI is InChI=1S/C34H39N7O4S/c1-5-27-21-40(46(43,44)31-8-7-15-36-34(31)45-27)20-25-18-24(10-9-22(25)3)29(19-32(42)37-26-13-16-35-17-14-26)28-11-12-30-33(23(28)4)38-39-41(30)6-2/h7-18,27,29,43-44H,5-6,19-21H2,1-4H3,(H,35,37,42). The molecule has 0 saturated carbocycles. The number of carbonyl (C=O) groups excluding carboxylic acids is 1. The van der Waals surface area contributed by atoms with Crippen LogP contribution in [-0.2, 0) is 17.9 Å². The van der Waals surface area contributed by atoms with E-state index in [0.29, 0.717) is 25.2 Å². The highest BCUT2D eigenvalue weighted by Gasteiger charge is 2.36. The third-order valence-electron chi connectivity index (χ3n) is 8.67. The summed E-state index contributed by atoms with van der Waals surface area (Å²) in [5.41, 5.74) is 7.24. The van der Waals surface area contributed by atoms with Crippen molar-refractivity contribution in [2.75, 3.05) is 11.9 Å². The van der Waals surface area contributed by atoms with Crippen LogP contribution in [0.4, 0.5) is 5.69 Å². The van der Waals surface area contributed by atoms with Crippen LogP contribution in [0.25, 0.3) is 11.0 Å². The Labute approximate surface area is 270 Å². The molecule has 3 N–H and O–H groups in total. The first-order valence-corrected chi connectivity index (χ1v) is 17.0. The van der Waals surface area contributed by atoms with Crippen molar-refractivity contribution in [1.29, 1.82) is 0 Å². The number of nitrogens with zero attached hydrogens (tertiary/aromatic N) is 6. The van der Waals surface area contributed by atoms with Gasteiger partial charge in [0.2, 0.25) is 11.8 Å². The molecule has 0 radical (unpaired) electrons. The summed E-state index contributed by atoms with van der Waals surface area (Å²) in [6, 6.07) is 17.1. The van der Waals surface area contributed by atoms with Crippen molar-refractivity contribution in [1.82, 2.24) is 29.3 Å². The summed E-state index contributed by atoms with van der Waals surface area (Å²) in [5.74, 6) is -0.184. The van der Waals surface area contributed by atoms with Gasteiger partial charge >= 0.3 is 0 Å². The van der Waals surface area contributed by atoms with Crippen molar-refractivity contribution >= 4 is 33.4 Å². The minimum atomic E-state index is -3.39. The number of hydrogen-bond acceptors (Lipinski definition) is 9. The fourth-order valence-corrected chi connectivity index (χ4v) is 7.58. The monoisotopic (exact) mass is 641 g/mol. The van der Waals surface area contributed by atoms with E-state index in [1.807, 2.05) is 50.6 Å². The lowest BCUT2D eigenvalue weighted by Gasteiger charge is -2.41. The number of rotatable bonds is 9. The summed E-state index contributed by atoms with van der Waals surface area (Å²) in [7, 11) is -3.39. The molecule has 240 valence electrons. The molecule has 46 heavy (non-hydrogen) atoms. The smallest absolute Gasteiger partial charge is 0.239 e. The molecule has 5 aromatic rings. The molecule has 0 saturated heterocycles. The van der Waals surface area contributed by atoms with Gasteiger partial charge in [0.1, 0.15) is 16.5 Å². The first kappa shape index (κ1) is 31.6. The number of aromatic nitrogens is 5. The molecule has 11 nitrogen and oxygen atoms in total. The fourth-order valence-electron chi connectivity index (χ4n) is 6.01. The summed E-state index contributed by atoms with van der Waals surface area (Å²) in [6.07, 6.45) is 5.48. The highest BCUT2D eigenvalue weighted by Crippen LogP contribution is 2.57. The number of nitrogens with one attached hydrogen (secondary N) is 1. The van der Waals surface area contributed by atoms with Crippen molar-refractivity contribution in [2.45, 2.75) is 70.5 Å². The second-order valence-electron chi connectivity index (χ2n) is 11.6. The summed E-state index contributed by atoms with van der Waals surface area (Å²) < 4.78 is 32.8. The third-order valence-corrected chi connectivity index (χ3v) is 10.6. The molecule has 0 bridgehead atoms. The van der Waals surface area contributed by atoms with Crippen LogP contribution < -0.4 is 10.1 Å². The molecule has 2 aromatic carbocycles. The van der Waals surface area contributed by atoms with Crippen LogP contribution in [0.2, 0.25) is 0 Å². The molecule has 1 amide bonds. The molecule has 1 aliphatic rings. The minimum Gasteiger partial charge on any atom is -0.472 e. The topological polar surface area (TPSA) is 139 Å². The van der Waals surface area contributed by atoms with Crippen molar-refractivity contribution < 1.29 is 18.6 Å². The van der Waals surface area contributed by atoms with Crippen LogP contribution in [0.15, 0.2) is 78.1 Å². The molecule has 6 rings (SSSR count). The average molecular weight is 642 g/mol. The van der Waals surface area contributed by atoms with Crippen LogP contribution in [0, 0.1) is 13.8 Å². The van der Waals surface area contributed by atoms with E-state index in [0.717, 1.165) is 38.9 Å². The Bertz CT molecular complexity index is 1860. The van der Waals surface area contributed by atoms with Crippen LogP contribution in [0.1, 0.15) is 60.4 Å². The van der Waals surface area contributed by atoms with E-state index >= 15 is 0 Å². The molecule has 2 atom stereocenters. The predicted octanol–water partition coefficient (Wildman–Crippen LogP) is 6.72. The molecular weight excluding hydrogens is 602 g/mol. The lowest BCUT2D eigenvalue weighted by Crippen LogP contribution is -2.34. The maximum Gasteiger partial charge on any atom is 0.239 e. The number of hydrogen-bond donors (Lipinski definition) is 3. The van der Waals surface area contributed by atoms with Gasteiger partial charge in [-0.25, -0.2) is 9.67 Å². The Balaban J connectivity index is 1.39. The van der Waals surface area contributed by atoms with Crippen LogP contribution in [-0.4, -0.2) is 56.9 Å². The summed E-state index contributed by atoms with van der Waals surface area (Å²) >= 11 is 0. The van der Waals surface area contributed by atoms with Gasteiger partial charge in [-0.2, -0.15) is 4.31 Å². The van der Waals surface area contributed by atoms with Crippen molar-refractivity contribution in [3.05, 3.63) is 101 Å². The van der Waals surface area contributed by atoms with Gasteiger partial charge in [-0.15, -0.1) is 15.9 Å². The van der Waals surface area contributed by atoms with Gasteiger partial charge in [-0.05, 0) is 85.3 Å². The summed E-state index contributed by atoms with van der Waals surface area (Å²) in [4.78, 5) is 22.1. The highest BCUT2D eigenvalue weighted by molar-refractivity contribution is 8.22. The Hall–Kier alpha value is -4.36. The molecule has 3 aromatic heterocycles. The first-order valence-electron chi connectivity index (χ1n) is 15.5. The van der Waals surface area contributed by atoms with Crippen molar-refractivity contribution in [2.24, 2.45) is 0 Å². The SMILES string of the molecule is CCC1CN(Cc2cc(C(CC(=O)Nc3ccncc3)c3ccc4c(nnn4CC)c3C)ccc2C)S(O)(O)c2cccnc2O1. The van der Waals surface area contributed by atoms with Gasteiger partial charge in [-0.3, -0.25) is 18.9 Å². The normalized spacial score (nSPS) is 17.5. The van der Waals surface area contributed by atoms with Crippen LogP contribution in [0.3, 0.4) is 0 Å². The van der Waals surface area contributed by atoms with Crippen LogP contribution >= 0.6 is 10.8 Å². The number of aryl methyl sites for hydroxylation is 3. The van der Waals surface area contributed by atoms with Crippen molar-refractivity contribution in [3.8, 4) is 5.88 Å². The lowest BCUT2D eigenvalue weighted by atomic mass is 9.84. The molecule has 12 heteroatoms. The quantitative estimate of drug-likeness (QED) is 0.160. The Morgan fingerprint density at radius 1 is 1.09 bits per heavy atom. The second kappa shape index (κ2) is 13.2. The largest absolute Gasteiger partial charge is 0.472 e. The zero-order valence-electron chi connectivity index (χ0n) is 26.4. The number of fused-ring (bicyclic) bond motifs is 2. The Morgan fingerprint density at radius 3 is 2.65 bits per heavy atom. The number of ether oxygens (including phenoxy) is 1. The van der Waals surface area contributed by atoms with Gasteiger partial charge in [0.05, 0.1) is 12.1 Å². The predicted molar refractivity (Wildman–Crippen MR) is 179 cm³/mol. The number of amides is 1. The zero-order valence-corrected chi connectivity index (χ0v) is 27.2. The molecule has 4 heterocycles. The van der Waals surface area contributed by atoms with Crippen LogP contribution in [0.5, 0.6) is 5.88 Å². The maximum absolute atomic E-state index is 13.5. The first-order chi connectivity index (χ1) is 22.2. The van der Waals surface area contributed by atoms with E-state index in [-0.39, 0.29) is 41.7 Å². The van der Waals surface area contributed by atoms with Gasteiger partial charge in [0.15, 0.2) is 0 Å². The molecule has 0 spiro atoms. The Morgan fingerprint density at radius 2 is 1.89 bits per heavy atom. The van der Waals surface area contributed by atoms with E-state index in [2.05, 4.69) is 37.7 Å². The van der Waals surface area contributed by atoms with Gasteiger partial charge in [0, 0.05) is 49.7 Å². The average Bonchev–Trinajstić information content (AvgIpc) is 3.45. The number of benzene rings is 2. The summed E-state index contributed by atoms with van der Waals surface area (Å²) in [6.45, 7) is 9.37. The fraction of sp³-hybridized carbons (Fsp3) is 0.324. The number of anilines is 1. The van der Waals surface area contributed by atoms with Gasteiger partial charge < -0.3 is 10.1 Å². The molecule has 0 aliphatic carbocycles. The highest BCUT2D eigenvalue weighted by atomic mass is 32.3. The van der Waals surface area contributed by atoms with E-state index in [1.165, 1.54) is 0 Å². The molecule has 1 aliphatic heterocycles. The van der Waals surface area contributed by atoms with Gasteiger partial charge in [0.25, 0.3) is 0 Å². The minimum absolute atomic E-state index is 0.135. The number of pyridine rings is 2. The zero-order chi connectivity index (χ0) is 32.4. The maximum atomic E-state index is 13.5. The van der Waals surface area contributed by atoms with E-state index in [4.69, 9.17) is 4.74 Å². The molecule has 0 fully saturated rings. The van der Waals surface area contributed by atoms with E-state index < -0.39 is 10.8 Å². The van der Waals surface area contributed by atoms with E-state index in [9.17, 15) is 13.9 Å². The van der Waals surface area contributed by atoms with Gasteiger partial charge in [-0.1, -0.05) is 36.4 Å². The lowest BCUT2D eigenvalue weighted by molar-refractivity contribution is -0.116. The molecular formula is C34H39N7O4S.